The molecule has 35 heavy (non-hydrogen) atoms. The lowest BCUT2D eigenvalue weighted by Gasteiger charge is -2.13. The van der Waals surface area contributed by atoms with Gasteiger partial charge in [0, 0.05) is 4.88 Å². The number of esters is 1. The maximum absolute atomic E-state index is 13.0. The van der Waals surface area contributed by atoms with Crippen LogP contribution in [0.15, 0.2) is 34.7 Å². The van der Waals surface area contributed by atoms with Crippen molar-refractivity contribution in [2.75, 3.05) is 17.2 Å². The predicted octanol–water partition coefficient (Wildman–Crippen LogP) is 4.96. The first-order valence-electron chi connectivity index (χ1n) is 11.4. The minimum Gasteiger partial charge on any atom is -0.462 e. The minimum absolute atomic E-state index is 0.178. The quantitative estimate of drug-likeness (QED) is 0.229. The lowest BCUT2D eigenvalue weighted by atomic mass is 9.95. The first-order valence-corrected chi connectivity index (χ1v) is 13.9. The summed E-state index contributed by atoms with van der Waals surface area (Å²) in [4.78, 5) is 39.0. The lowest BCUT2D eigenvalue weighted by molar-refractivity contribution is -0.116. The van der Waals surface area contributed by atoms with Crippen LogP contribution < -0.4 is 10.6 Å². The van der Waals surface area contributed by atoms with Gasteiger partial charge in [0.1, 0.15) is 5.00 Å². The van der Waals surface area contributed by atoms with Crippen LogP contribution in [0.5, 0.6) is 0 Å². The van der Waals surface area contributed by atoms with E-state index in [1.165, 1.54) is 34.4 Å². The summed E-state index contributed by atoms with van der Waals surface area (Å²) < 4.78 is 5.83. The van der Waals surface area contributed by atoms with Crippen LogP contribution in [0.1, 0.15) is 53.1 Å². The highest BCUT2D eigenvalue weighted by Crippen LogP contribution is 2.39. The number of ether oxygens (including phenoxy) is 1. The summed E-state index contributed by atoms with van der Waals surface area (Å²) in [6.07, 6.45) is 4.09. The molecule has 1 unspecified atom stereocenters. The number of aryl methyl sites for hydroxylation is 1. The molecular weight excluding hydrogens is 504 g/mol. The number of hydrogen-bond acceptors (Lipinski definition) is 9. The van der Waals surface area contributed by atoms with E-state index >= 15 is 0 Å². The van der Waals surface area contributed by atoms with Crippen molar-refractivity contribution >= 4 is 62.4 Å². The van der Waals surface area contributed by atoms with E-state index in [1.54, 1.807) is 13.8 Å². The summed E-state index contributed by atoms with van der Waals surface area (Å²) in [5.74, 6) is -0.797. The second-order valence-corrected chi connectivity index (χ2v) is 11.6. The van der Waals surface area contributed by atoms with Gasteiger partial charge in [-0.3, -0.25) is 9.59 Å². The number of nitrogens with zero attached hydrogens (tertiary/aromatic N) is 2. The molecule has 0 saturated heterocycles. The Morgan fingerprint density at radius 1 is 1.09 bits per heavy atom. The number of benzene rings is 1. The van der Waals surface area contributed by atoms with E-state index in [0.717, 1.165) is 41.7 Å². The van der Waals surface area contributed by atoms with Crippen molar-refractivity contribution in [3.8, 4) is 0 Å². The standard InChI is InChI=1S/C24H26N4O4S3/c1-3-32-22(31)19-16-11-7-8-12-17(16)34-21(19)26-20(30)14(2)33-24-28-27-23(35-24)25-18(29)13-15-9-5-4-6-10-15/h4-6,9-10,14H,3,7-8,11-13H2,1-2H3,(H,26,30)(H,25,27,29). The second-order valence-electron chi connectivity index (χ2n) is 7.97. The van der Waals surface area contributed by atoms with Crippen molar-refractivity contribution in [1.82, 2.24) is 10.2 Å². The molecule has 4 rings (SSSR count). The molecule has 2 amide bonds. The molecule has 0 saturated carbocycles. The van der Waals surface area contributed by atoms with Crippen LogP contribution in [-0.4, -0.2) is 39.8 Å². The fourth-order valence-corrected chi connectivity index (χ4v) is 6.94. The summed E-state index contributed by atoms with van der Waals surface area (Å²) in [5.41, 5.74) is 2.42. The number of carbonyl (C=O) groups is 3. The van der Waals surface area contributed by atoms with Crippen LogP contribution in [0.3, 0.4) is 0 Å². The Hall–Kier alpha value is -2.76. The van der Waals surface area contributed by atoms with Gasteiger partial charge in [-0.25, -0.2) is 4.79 Å². The maximum Gasteiger partial charge on any atom is 0.341 e. The molecule has 1 atom stereocenters. The summed E-state index contributed by atoms with van der Waals surface area (Å²) >= 11 is 3.93. The molecule has 1 aliphatic rings. The molecule has 8 nitrogen and oxygen atoms in total. The summed E-state index contributed by atoms with van der Waals surface area (Å²) in [5, 5.41) is 14.3. The predicted molar refractivity (Wildman–Crippen MR) is 140 cm³/mol. The molecule has 184 valence electrons. The monoisotopic (exact) mass is 530 g/mol. The van der Waals surface area contributed by atoms with Crippen LogP contribution >= 0.6 is 34.4 Å². The molecule has 2 aromatic heterocycles. The summed E-state index contributed by atoms with van der Waals surface area (Å²) in [6, 6.07) is 9.44. The third kappa shape index (κ3) is 6.47. The van der Waals surface area contributed by atoms with Crippen molar-refractivity contribution in [1.29, 1.82) is 0 Å². The van der Waals surface area contributed by atoms with Crippen LogP contribution in [0, 0.1) is 0 Å². The van der Waals surface area contributed by atoms with Gasteiger partial charge in [-0.2, -0.15) is 0 Å². The number of aromatic nitrogens is 2. The smallest absolute Gasteiger partial charge is 0.341 e. The third-order valence-corrected chi connectivity index (χ3v) is 8.62. The molecule has 3 aromatic rings. The zero-order valence-corrected chi connectivity index (χ0v) is 21.9. The largest absolute Gasteiger partial charge is 0.462 e. The third-order valence-electron chi connectivity index (χ3n) is 5.39. The van der Waals surface area contributed by atoms with Crippen molar-refractivity contribution in [2.45, 2.75) is 55.5 Å². The lowest BCUT2D eigenvalue weighted by Crippen LogP contribution is -2.23. The van der Waals surface area contributed by atoms with Gasteiger partial charge in [-0.05, 0) is 50.7 Å². The molecule has 1 aromatic carbocycles. The van der Waals surface area contributed by atoms with Gasteiger partial charge < -0.3 is 15.4 Å². The van der Waals surface area contributed by atoms with Crippen molar-refractivity contribution in [3.63, 3.8) is 0 Å². The highest BCUT2D eigenvalue weighted by atomic mass is 32.2. The number of fused-ring (bicyclic) bond motifs is 1. The average Bonchev–Trinajstić information content (AvgIpc) is 3.43. The van der Waals surface area contributed by atoms with E-state index in [4.69, 9.17) is 4.74 Å². The molecule has 11 heteroatoms. The summed E-state index contributed by atoms with van der Waals surface area (Å²) in [7, 11) is 0. The van der Waals surface area contributed by atoms with E-state index in [1.807, 2.05) is 30.3 Å². The molecular formula is C24H26N4O4S3. The number of nitrogens with one attached hydrogen (secondary N) is 2. The van der Waals surface area contributed by atoms with Gasteiger partial charge >= 0.3 is 5.97 Å². The average molecular weight is 531 g/mol. The van der Waals surface area contributed by atoms with E-state index in [9.17, 15) is 14.4 Å². The molecule has 0 bridgehead atoms. The normalized spacial score (nSPS) is 13.5. The number of hydrogen-bond donors (Lipinski definition) is 2. The Kier molecular flexibility index (Phi) is 8.53. The van der Waals surface area contributed by atoms with Crippen LogP contribution in [-0.2, 0) is 33.6 Å². The fourth-order valence-electron chi connectivity index (χ4n) is 3.74. The van der Waals surface area contributed by atoms with Crippen LogP contribution in [0.25, 0.3) is 0 Å². The van der Waals surface area contributed by atoms with Gasteiger partial charge in [0.2, 0.25) is 16.9 Å². The van der Waals surface area contributed by atoms with Gasteiger partial charge in [0.05, 0.1) is 23.8 Å². The first-order chi connectivity index (χ1) is 16.9. The van der Waals surface area contributed by atoms with Crippen molar-refractivity contribution < 1.29 is 19.1 Å². The van der Waals surface area contributed by atoms with E-state index in [2.05, 4.69) is 20.8 Å². The van der Waals surface area contributed by atoms with Crippen LogP contribution in [0.4, 0.5) is 10.1 Å². The highest BCUT2D eigenvalue weighted by molar-refractivity contribution is 8.02. The van der Waals surface area contributed by atoms with E-state index in [0.29, 0.717) is 20.0 Å². The topological polar surface area (TPSA) is 110 Å². The molecule has 0 fully saturated rings. The number of anilines is 2. The second kappa shape index (κ2) is 11.8. The Morgan fingerprint density at radius 2 is 1.86 bits per heavy atom. The van der Waals surface area contributed by atoms with Crippen molar-refractivity contribution in [3.05, 3.63) is 51.9 Å². The Labute approximate surface area is 215 Å². The Balaban J connectivity index is 1.37. The SMILES string of the molecule is CCOC(=O)c1c(NC(=O)C(C)Sc2nnc(NC(=O)Cc3ccccc3)s2)sc2c1CCCC2. The molecule has 0 aliphatic heterocycles. The number of thioether (sulfide) groups is 1. The molecule has 0 spiro atoms. The van der Waals surface area contributed by atoms with E-state index in [-0.39, 0.29) is 30.8 Å². The molecule has 0 radical (unpaired) electrons. The zero-order valence-electron chi connectivity index (χ0n) is 19.5. The molecule has 1 aliphatic carbocycles. The number of thiophene rings is 1. The number of carbonyl (C=O) groups excluding carboxylic acids is 3. The van der Waals surface area contributed by atoms with Gasteiger partial charge in [0.25, 0.3) is 0 Å². The minimum atomic E-state index is -0.481. The zero-order chi connectivity index (χ0) is 24.8. The van der Waals surface area contributed by atoms with Crippen LogP contribution in [0.2, 0.25) is 0 Å². The fraction of sp³-hybridized carbons (Fsp3) is 0.375. The Morgan fingerprint density at radius 3 is 2.63 bits per heavy atom. The maximum atomic E-state index is 13.0. The van der Waals surface area contributed by atoms with Crippen molar-refractivity contribution in [2.24, 2.45) is 0 Å². The first kappa shape index (κ1) is 25.3. The van der Waals surface area contributed by atoms with E-state index < -0.39 is 5.25 Å². The number of amides is 2. The molecule has 2 heterocycles. The molecule has 2 N–H and O–H groups in total. The Bertz CT molecular complexity index is 1210. The van der Waals surface area contributed by atoms with Gasteiger partial charge in [-0.15, -0.1) is 21.5 Å². The van der Waals surface area contributed by atoms with Gasteiger partial charge in [0.15, 0.2) is 4.34 Å². The summed E-state index contributed by atoms with van der Waals surface area (Å²) in [6.45, 7) is 3.82. The number of rotatable bonds is 9. The highest BCUT2D eigenvalue weighted by Gasteiger charge is 2.28. The van der Waals surface area contributed by atoms with Gasteiger partial charge in [-0.1, -0.05) is 53.4 Å².